The molecule has 0 saturated heterocycles. The molecule has 1 fully saturated rings. The Morgan fingerprint density at radius 1 is 1.33 bits per heavy atom. The molecule has 2 aromatic rings. The number of carbonyl (C=O) groups excluding carboxylic acids is 2. The third kappa shape index (κ3) is 5.13. The zero-order chi connectivity index (χ0) is 22.8. The highest BCUT2D eigenvalue weighted by molar-refractivity contribution is 6.35. The lowest BCUT2D eigenvalue weighted by Crippen LogP contribution is -2.36. The van der Waals surface area contributed by atoms with Crippen molar-refractivity contribution >= 4 is 41.7 Å². The Bertz CT molecular complexity index is 1120. The third-order valence-corrected chi connectivity index (χ3v) is 6.29. The third-order valence-electron chi connectivity index (χ3n) is 6.29. The average molecular weight is 468 g/mol. The van der Waals surface area contributed by atoms with Gasteiger partial charge in [-0.25, -0.2) is 4.98 Å². The van der Waals surface area contributed by atoms with Crippen LogP contribution in [0.1, 0.15) is 58.7 Å². The van der Waals surface area contributed by atoms with Gasteiger partial charge in [-0.15, -0.1) is 18.8 Å². The summed E-state index contributed by atoms with van der Waals surface area (Å²) in [6.07, 6.45) is 11.0. The molecule has 2 amide bonds. The number of amides is 2. The summed E-state index contributed by atoms with van der Waals surface area (Å²) in [5.74, 6) is 2.84. The molecule has 0 spiro atoms. The minimum atomic E-state index is -0.352. The number of pyridine rings is 1. The van der Waals surface area contributed by atoms with Crippen LogP contribution in [0.5, 0.6) is 0 Å². The predicted molar refractivity (Wildman–Crippen MR) is 133 cm³/mol. The van der Waals surface area contributed by atoms with Crippen molar-refractivity contribution in [1.29, 1.82) is 0 Å². The van der Waals surface area contributed by atoms with Crippen LogP contribution in [0, 0.1) is 32.1 Å². The number of aromatic amines is 1. The second-order valence-corrected chi connectivity index (χ2v) is 8.76. The summed E-state index contributed by atoms with van der Waals surface area (Å²) < 4.78 is 0. The molecule has 174 valence electrons. The van der Waals surface area contributed by atoms with Crippen molar-refractivity contribution in [2.45, 2.75) is 45.6 Å². The summed E-state index contributed by atoms with van der Waals surface area (Å²) in [5, 5.41) is 2.64. The molecule has 8 heteroatoms. The van der Waals surface area contributed by atoms with Gasteiger partial charge in [0.2, 0.25) is 0 Å². The summed E-state index contributed by atoms with van der Waals surface area (Å²) in [7, 11) is 0. The highest BCUT2D eigenvalue weighted by Crippen LogP contribution is 2.38. The highest BCUT2D eigenvalue weighted by atomic mass is 35.5. The smallest absolute Gasteiger partial charge is 0.270 e. The molecular formula is C25H30ClN5O2. The van der Waals surface area contributed by atoms with Crippen molar-refractivity contribution in [2.24, 2.45) is 11.7 Å². The van der Waals surface area contributed by atoms with Crippen LogP contribution in [0.2, 0.25) is 0 Å². The second kappa shape index (κ2) is 10.2. The number of nitrogens with zero attached hydrogens (tertiary/aromatic N) is 2. The van der Waals surface area contributed by atoms with Gasteiger partial charge in [0.25, 0.3) is 11.8 Å². The Morgan fingerprint density at radius 2 is 2.06 bits per heavy atom. The first kappa shape index (κ1) is 24.6. The number of nitrogens with two attached hydrogens (primary N) is 1. The van der Waals surface area contributed by atoms with Gasteiger partial charge in [0.1, 0.15) is 11.5 Å². The first-order valence-electron chi connectivity index (χ1n) is 11.1. The number of H-pyrrole nitrogens is 1. The lowest BCUT2D eigenvalue weighted by atomic mass is 9.86. The summed E-state index contributed by atoms with van der Waals surface area (Å²) in [4.78, 5) is 35.6. The minimum absolute atomic E-state index is 0. The molecule has 0 radical (unpaired) electrons. The van der Waals surface area contributed by atoms with Crippen molar-refractivity contribution in [3.63, 3.8) is 0 Å². The van der Waals surface area contributed by atoms with Gasteiger partial charge in [0.05, 0.1) is 12.1 Å². The Labute approximate surface area is 200 Å². The SMILES string of the molecule is C#CCNC(=O)c1ccc2c(n1)N(CC1CCC(N)CC1)C(=O)/C2=C\c1[nH]c(C)cc1C.Cl. The first-order valence-corrected chi connectivity index (χ1v) is 11.1. The molecule has 2 aliphatic rings. The molecule has 0 unspecified atom stereocenters. The summed E-state index contributed by atoms with van der Waals surface area (Å²) >= 11 is 0. The van der Waals surface area contributed by atoms with E-state index >= 15 is 0 Å². The highest BCUT2D eigenvalue weighted by Gasteiger charge is 2.36. The topological polar surface area (TPSA) is 104 Å². The number of aryl methyl sites for hydroxylation is 2. The number of nitrogens with one attached hydrogen (secondary N) is 2. The fraction of sp³-hybridized carbons (Fsp3) is 0.400. The quantitative estimate of drug-likeness (QED) is 0.464. The van der Waals surface area contributed by atoms with E-state index in [9.17, 15) is 9.59 Å². The van der Waals surface area contributed by atoms with Crippen LogP contribution < -0.4 is 16.0 Å². The van der Waals surface area contributed by atoms with Gasteiger partial charge in [0.15, 0.2) is 0 Å². The standard InChI is InChI=1S/C25H29N5O2.ClH/c1-4-11-27-24(31)21-10-9-19-20(13-22-15(2)12-16(3)28-22)25(32)30(23(19)29-21)14-17-5-7-18(26)8-6-17;/h1,9-10,12-13,17-18,28H,5-8,11,14,26H2,2-3H3,(H,27,31);1H/b20-13-;. The van der Waals surface area contributed by atoms with E-state index in [2.05, 4.69) is 21.2 Å². The number of carbonyl (C=O) groups is 2. The number of halogens is 1. The van der Waals surface area contributed by atoms with Gasteiger partial charge >= 0.3 is 0 Å². The van der Waals surface area contributed by atoms with E-state index in [1.807, 2.05) is 26.0 Å². The first-order chi connectivity index (χ1) is 15.4. The van der Waals surface area contributed by atoms with Crippen molar-refractivity contribution in [3.05, 3.63) is 46.4 Å². The van der Waals surface area contributed by atoms with Crippen LogP contribution in [0.3, 0.4) is 0 Å². The number of rotatable bonds is 5. The van der Waals surface area contributed by atoms with Gasteiger partial charge in [-0.3, -0.25) is 14.5 Å². The van der Waals surface area contributed by atoms with E-state index in [1.54, 1.807) is 17.0 Å². The molecule has 1 aliphatic carbocycles. The lowest BCUT2D eigenvalue weighted by molar-refractivity contribution is -0.113. The second-order valence-electron chi connectivity index (χ2n) is 8.76. The minimum Gasteiger partial charge on any atom is -0.359 e. The number of hydrogen-bond acceptors (Lipinski definition) is 4. The van der Waals surface area contributed by atoms with Crippen molar-refractivity contribution in [3.8, 4) is 12.3 Å². The molecule has 3 heterocycles. The maximum Gasteiger partial charge on any atom is 0.270 e. The van der Waals surface area contributed by atoms with Crippen LogP contribution in [-0.4, -0.2) is 40.9 Å². The molecule has 0 bridgehead atoms. The van der Waals surface area contributed by atoms with E-state index in [4.69, 9.17) is 12.2 Å². The maximum absolute atomic E-state index is 13.5. The summed E-state index contributed by atoms with van der Waals surface area (Å²) in [6, 6.07) is 5.74. The molecule has 0 atom stereocenters. The molecule has 0 aromatic carbocycles. The van der Waals surface area contributed by atoms with Crippen LogP contribution in [0.4, 0.5) is 5.82 Å². The molecule has 4 rings (SSSR count). The molecule has 1 aliphatic heterocycles. The van der Waals surface area contributed by atoms with E-state index in [1.165, 1.54) is 0 Å². The summed E-state index contributed by atoms with van der Waals surface area (Å²) in [5.41, 5.74) is 10.6. The van der Waals surface area contributed by atoms with Crippen LogP contribution >= 0.6 is 12.4 Å². The average Bonchev–Trinajstić information content (AvgIpc) is 3.23. The number of aromatic nitrogens is 2. The van der Waals surface area contributed by atoms with E-state index in [0.717, 1.165) is 48.2 Å². The zero-order valence-corrected chi connectivity index (χ0v) is 19.8. The van der Waals surface area contributed by atoms with Crippen molar-refractivity contribution in [1.82, 2.24) is 15.3 Å². The zero-order valence-electron chi connectivity index (χ0n) is 19.0. The molecule has 2 aromatic heterocycles. The van der Waals surface area contributed by atoms with Gasteiger partial charge in [-0.05, 0) is 75.3 Å². The van der Waals surface area contributed by atoms with Gasteiger partial charge < -0.3 is 16.0 Å². The van der Waals surface area contributed by atoms with Crippen LogP contribution in [0.15, 0.2) is 18.2 Å². The van der Waals surface area contributed by atoms with Gasteiger partial charge in [-0.2, -0.15) is 0 Å². The molecule has 4 N–H and O–H groups in total. The number of hydrogen-bond donors (Lipinski definition) is 3. The van der Waals surface area contributed by atoms with E-state index < -0.39 is 0 Å². The lowest BCUT2D eigenvalue weighted by Gasteiger charge is -2.29. The molecule has 7 nitrogen and oxygen atoms in total. The fourth-order valence-electron chi connectivity index (χ4n) is 4.55. The Balaban J connectivity index is 0.00000306. The van der Waals surface area contributed by atoms with E-state index in [-0.39, 0.29) is 42.5 Å². The fourth-order valence-corrected chi connectivity index (χ4v) is 4.55. The molecule has 33 heavy (non-hydrogen) atoms. The number of fused-ring (bicyclic) bond motifs is 1. The van der Waals surface area contributed by atoms with Gasteiger partial charge in [-0.1, -0.05) is 5.92 Å². The van der Waals surface area contributed by atoms with Crippen LogP contribution in [0.25, 0.3) is 11.6 Å². The normalized spacial score (nSPS) is 20.8. The Morgan fingerprint density at radius 3 is 2.70 bits per heavy atom. The number of anilines is 1. The largest absolute Gasteiger partial charge is 0.359 e. The van der Waals surface area contributed by atoms with Crippen molar-refractivity contribution in [2.75, 3.05) is 18.0 Å². The monoisotopic (exact) mass is 467 g/mol. The molecule has 1 saturated carbocycles. The maximum atomic E-state index is 13.5. The number of terminal acetylenes is 1. The van der Waals surface area contributed by atoms with E-state index in [0.29, 0.717) is 23.9 Å². The molecular weight excluding hydrogens is 438 g/mol. The Hall–Kier alpha value is -3.08. The Kier molecular flexibility index (Phi) is 7.62. The van der Waals surface area contributed by atoms with Gasteiger partial charge in [0, 0.05) is 29.5 Å². The summed E-state index contributed by atoms with van der Waals surface area (Å²) in [6.45, 7) is 4.69. The van der Waals surface area contributed by atoms with Crippen molar-refractivity contribution < 1.29 is 9.59 Å². The van der Waals surface area contributed by atoms with Crippen LogP contribution in [-0.2, 0) is 4.79 Å². The predicted octanol–water partition coefficient (Wildman–Crippen LogP) is 3.22.